The first-order valence-corrected chi connectivity index (χ1v) is 6.47. The number of likely N-dealkylation sites (tertiary alicyclic amines) is 1. The van der Waals surface area contributed by atoms with Gasteiger partial charge in [-0.2, -0.15) is 0 Å². The van der Waals surface area contributed by atoms with Gasteiger partial charge in [-0.3, -0.25) is 4.79 Å². The summed E-state index contributed by atoms with van der Waals surface area (Å²) in [6, 6.07) is 4.45. The van der Waals surface area contributed by atoms with Crippen molar-refractivity contribution in [2.45, 2.75) is 18.9 Å². The van der Waals surface area contributed by atoms with Crippen LogP contribution in [0.4, 0.5) is 0 Å². The minimum atomic E-state index is -0.337. The summed E-state index contributed by atoms with van der Waals surface area (Å²) in [4.78, 5) is 16.2. The fourth-order valence-corrected chi connectivity index (χ4v) is 2.54. The van der Waals surface area contributed by atoms with E-state index in [4.69, 9.17) is 0 Å². The number of hydrogen-bond acceptors (Lipinski definition) is 4. The van der Waals surface area contributed by atoms with Crippen molar-refractivity contribution in [3.8, 4) is 11.5 Å². The molecule has 1 aromatic carbocycles. The van der Waals surface area contributed by atoms with E-state index in [2.05, 4.69) is 4.90 Å². The molecule has 1 amide bonds. The molecule has 104 valence electrons. The van der Waals surface area contributed by atoms with Crippen LogP contribution >= 0.6 is 0 Å². The number of rotatable bonds is 2. The summed E-state index contributed by atoms with van der Waals surface area (Å²) in [5.41, 5.74) is -0.0155. The second-order valence-corrected chi connectivity index (χ2v) is 5.15. The summed E-state index contributed by atoms with van der Waals surface area (Å²) in [6.45, 7) is 1.86. The molecule has 5 nitrogen and oxygen atoms in total. The Hall–Kier alpha value is -1.75. The summed E-state index contributed by atoms with van der Waals surface area (Å²) in [6.07, 6.45) is 1.99. The van der Waals surface area contributed by atoms with Gasteiger partial charge in [0, 0.05) is 19.6 Å². The molecule has 0 bridgehead atoms. The molecule has 1 aliphatic rings. The van der Waals surface area contributed by atoms with E-state index in [-0.39, 0.29) is 29.0 Å². The van der Waals surface area contributed by atoms with Gasteiger partial charge in [0.15, 0.2) is 0 Å². The van der Waals surface area contributed by atoms with Gasteiger partial charge < -0.3 is 20.0 Å². The maximum atomic E-state index is 12.4. The van der Waals surface area contributed by atoms with Crippen LogP contribution in [0.5, 0.6) is 11.5 Å². The number of hydrogen-bond donors (Lipinski definition) is 2. The summed E-state index contributed by atoms with van der Waals surface area (Å²) in [5, 5.41) is 19.5. The zero-order valence-electron chi connectivity index (χ0n) is 11.3. The van der Waals surface area contributed by atoms with E-state index in [0.717, 1.165) is 25.9 Å². The number of amides is 1. The second kappa shape index (κ2) is 5.48. The highest BCUT2D eigenvalue weighted by atomic mass is 16.3. The summed E-state index contributed by atoms with van der Waals surface area (Å²) < 4.78 is 0. The maximum Gasteiger partial charge on any atom is 0.261 e. The van der Waals surface area contributed by atoms with E-state index in [1.807, 2.05) is 7.05 Å². The molecule has 1 atom stereocenters. The van der Waals surface area contributed by atoms with E-state index in [9.17, 15) is 15.0 Å². The number of nitrogens with zero attached hydrogens (tertiary/aromatic N) is 2. The topological polar surface area (TPSA) is 64.0 Å². The number of benzene rings is 1. The number of carbonyl (C=O) groups excluding carboxylic acids is 1. The van der Waals surface area contributed by atoms with Gasteiger partial charge in [-0.05, 0) is 38.6 Å². The third-order valence-corrected chi connectivity index (χ3v) is 3.70. The van der Waals surface area contributed by atoms with Gasteiger partial charge in [0.1, 0.15) is 17.1 Å². The first-order valence-electron chi connectivity index (χ1n) is 6.47. The Bertz CT molecular complexity index is 456. The average molecular weight is 264 g/mol. The normalized spacial score (nSPS) is 20.2. The highest BCUT2D eigenvalue weighted by Gasteiger charge is 2.28. The molecule has 0 saturated carbocycles. The lowest BCUT2D eigenvalue weighted by atomic mass is 10.0. The van der Waals surface area contributed by atoms with Gasteiger partial charge in [-0.1, -0.05) is 6.07 Å². The molecule has 0 aliphatic carbocycles. The Kier molecular flexibility index (Phi) is 3.95. The van der Waals surface area contributed by atoms with Crippen LogP contribution < -0.4 is 0 Å². The maximum absolute atomic E-state index is 12.4. The summed E-state index contributed by atoms with van der Waals surface area (Å²) in [5.74, 6) is -0.696. The van der Waals surface area contributed by atoms with Gasteiger partial charge >= 0.3 is 0 Å². The Labute approximate surface area is 113 Å². The lowest BCUT2D eigenvalue weighted by Crippen LogP contribution is -2.47. The van der Waals surface area contributed by atoms with E-state index in [0.29, 0.717) is 0 Å². The fourth-order valence-electron chi connectivity index (χ4n) is 2.54. The Balaban J connectivity index is 2.19. The largest absolute Gasteiger partial charge is 0.507 e. The van der Waals surface area contributed by atoms with Crippen LogP contribution in [0.3, 0.4) is 0 Å². The molecular weight excluding hydrogens is 244 g/mol. The standard InChI is InChI=1S/C14H20N2O3/c1-15-8-4-5-10(9-15)16(2)14(19)13-11(17)6-3-7-12(13)18/h3,6-7,10,17-18H,4-5,8-9H2,1-2H3. The van der Waals surface area contributed by atoms with Crippen molar-refractivity contribution in [2.75, 3.05) is 27.2 Å². The number of likely N-dealkylation sites (N-methyl/N-ethyl adjacent to an activating group) is 2. The lowest BCUT2D eigenvalue weighted by molar-refractivity contribution is 0.0638. The molecule has 2 N–H and O–H groups in total. The molecule has 0 aromatic heterocycles. The minimum absolute atomic E-state index is 0.0155. The molecule has 1 fully saturated rings. The summed E-state index contributed by atoms with van der Waals surface area (Å²) in [7, 11) is 3.75. The van der Waals surface area contributed by atoms with Gasteiger partial charge in [0.2, 0.25) is 0 Å². The molecule has 19 heavy (non-hydrogen) atoms. The van der Waals surface area contributed by atoms with Gasteiger partial charge in [0.25, 0.3) is 5.91 Å². The molecule has 1 unspecified atom stereocenters. The van der Waals surface area contributed by atoms with Crippen LogP contribution in [0.25, 0.3) is 0 Å². The van der Waals surface area contributed by atoms with Gasteiger partial charge in [0.05, 0.1) is 0 Å². The van der Waals surface area contributed by atoms with Crippen LogP contribution in [0.15, 0.2) is 18.2 Å². The number of aromatic hydroxyl groups is 2. The zero-order chi connectivity index (χ0) is 14.0. The van der Waals surface area contributed by atoms with Crippen LogP contribution in [0, 0.1) is 0 Å². The number of piperidine rings is 1. The third kappa shape index (κ3) is 2.81. The predicted molar refractivity (Wildman–Crippen MR) is 72.4 cm³/mol. The van der Waals surface area contributed by atoms with Crippen LogP contribution in [-0.4, -0.2) is 59.1 Å². The molecule has 0 radical (unpaired) electrons. The number of carbonyl (C=O) groups is 1. The quantitative estimate of drug-likeness (QED) is 0.844. The van der Waals surface area contributed by atoms with Crippen LogP contribution in [0.2, 0.25) is 0 Å². The van der Waals surface area contributed by atoms with E-state index in [1.165, 1.54) is 18.2 Å². The highest BCUT2D eigenvalue weighted by molar-refractivity contribution is 5.99. The van der Waals surface area contributed by atoms with E-state index < -0.39 is 0 Å². The van der Waals surface area contributed by atoms with Crippen LogP contribution in [0.1, 0.15) is 23.2 Å². The Morgan fingerprint density at radius 3 is 2.58 bits per heavy atom. The van der Waals surface area contributed by atoms with Crippen molar-refractivity contribution in [1.82, 2.24) is 9.80 Å². The fraction of sp³-hybridized carbons (Fsp3) is 0.500. The Morgan fingerprint density at radius 2 is 2.00 bits per heavy atom. The molecular formula is C14H20N2O3. The van der Waals surface area contributed by atoms with Gasteiger partial charge in [-0.15, -0.1) is 0 Å². The zero-order valence-corrected chi connectivity index (χ0v) is 11.3. The molecule has 1 aliphatic heterocycles. The third-order valence-electron chi connectivity index (χ3n) is 3.70. The monoisotopic (exact) mass is 264 g/mol. The van der Waals surface area contributed by atoms with Gasteiger partial charge in [-0.25, -0.2) is 0 Å². The van der Waals surface area contributed by atoms with Crippen molar-refractivity contribution in [3.63, 3.8) is 0 Å². The molecule has 1 aromatic rings. The number of phenolic OH excluding ortho intramolecular Hbond substituents is 2. The molecule has 5 heteroatoms. The smallest absolute Gasteiger partial charge is 0.261 e. The van der Waals surface area contributed by atoms with Crippen molar-refractivity contribution >= 4 is 5.91 Å². The van der Waals surface area contributed by atoms with E-state index in [1.54, 1.807) is 11.9 Å². The molecule has 1 saturated heterocycles. The van der Waals surface area contributed by atoms with Crippen molar-refractivity contribution in [1.29, 1.82) is 0 Å². The van der Waals surface area contributed by atoms with Crippen molar-refractivity contribution in [3.05, 3.63) is 23.8 Å². The molecule has 2 rings (SSSR count). The van der Waals surface area contributed by atoms with Crippen LogP contribution in [-0.2, 0) is 0 Å². The lowest BCUT2D eigenvalue weighted by Gasteiger charge is -2.36. The number of phenols is 2. The molecule has 0 spiro atoms. The average Bonchev–Trinajstić information content (AvgIpc) is 2.37. The van der Waals surface area contributed by atoms with Crippen molar-refractivity contribution < 1.29 is 15.0 Å². The Morgan fingerprint density at radius 1 is 1.37 bits per heavy atom. The first kappa shape index (κ1) is 13.7. The first-order chi connectivity index (χ1) is 9.00. The summed E-state index contributed by atoms with van der Waals surface area (Å²) >= 11 is 0. The molecule has 1 heterocycles. The highest BCUT2D eigenvalue weighted by Crippen LogP contribution is 2.28. The van der Waals surface area contributed by atoms with Crippen molar-refractivity contribution in [2.24, 2.45) is 0 Å². The second-order valence-electron chi connectivity index (χ2n) is 5.15. The SMILES string of the molecule is CN1CCCC(N(C)C(=O)c2c(O)cccc2O)C1. The van der Waals surface area contributed by atoms with E-state index >= 15 is 0 Å². The minimum Gasteiger partial charge on any atom is -0.507 e. The predicted octanol–water partition coefficient (Wildman–Crippen LogP) is 1.26.